The van der Waals surface area contributed by atoms with E-state index in [-0.39, 0.29) is 12.2 Å². The lowest BCUT2D eigenvalue weighted by Crippen LogP contribution is -2.48. The monoisotopic (exact) mass is 368 g/mol. The van der Waals surface area contributed by atoms with Gasteiger partial charge in [-0.25, -0.2) is 8.42 Å². The van der Waals surface area contributed by atoms with E-state index in [4.69, 9.17) is 9.47 Å². The largest absolute Gasteiger partial charge is 0.496 e. The first-order chi connectivity index (χ1) is 12.0. The molecule has 2 aliphatic heterocycles. The first-order valence-electron chi connectivity index (χ1n) is 8.92. The second kappa shape index (κ2) is 8.03. The molecule has 3 atom stereocenters. The second-order valence-electron chi connectivity index (χ2n) is 7.02. The van der Waals surface area contributed by atoms with Crippen LogP contribution in [0.5, 0.6) is 5.75 Å². The molecule has 0 radical (unpaired) electrons. The van der Waals surface area contributed by atoms with Crippen molar-refractivity contribution in [3.63, 3.8) is 0 Å². The van der Waals surface area contributed by atoms with Gasteiger partial charge in [-0.15, -0.1) is 0 Å². The minimum atomic E-state index is -3.24. The number of methoxy groups -OCH3 is 1. The number of hydrogen-bond donors (Lipinski definition) is 2. The van der Waals surface area contributed by atoms with E-state index in [1.54, 1.807) is 19.2 Å². The molecule has 0 amide bonds. The lowest BCUT2D eigenvalue weighted by Gasteiger charge is -2.33. The molecule has 7 heteroatoms. The fourth-order valence-electron chi connectivity index (χ4n) is 3.61. The van der Waals surface area contributed by atoms with Crippen LogP contribution in [-0.4, -0.2) is 47.7 Å². The molecule has 2 N–H and O–H groups in total. The molecule has 140 valence electrons. The van der Waals surface area contributed by atoms with Gasteiger partial charge in [-0.05, 0) is 43.7 Å². The molecule has 25 heavy (non-hydrogen) atoms. The molecule has 1 aromatic rings. The smallest absolute Gasteiger partial charge is 0.175 e. The Labute approximate surface area is 150 Å². The summed E-state index contributed by atoms with van der Waals surface area (Å²) in [5, 5.41) is 7.25. The molecule has 0 spiro atoms. The number of ether oxygens (including phenoxy) is 2. The van der Waals surface area contributed by atoms with Gasteiger partial charge in [0.1, 0.15) is 5.75 Å². The van der Waals surface area contributed by atoms with Crippen LogP contribution in [0, 0.1) is 5.92 Å². The zero-order valence-electron chi connectivity index (χ0n) is 15.0. The fraction of sp³-hybridized carbons (Fsp3) is 0.667. The van der Waals surface area contributed by atoms with E-state index in [1.807, 2.05) is 6.07 Å². The van der Waals surface area contributed by atoms with Crippen LogP contribution in [-0.2, 0) is 14.6 Å². The van der Waals surface area contributed by atoms with Crippen molar-refractivity contribution >= 4 is 9.84 Å². The number of benzene rings is 1. The van der Waals surface area contributed by atoms with Gasteiger partial charge in [-0.1, -0.05) is 6.07 Å². The van der Waals surface area contributed by atoms with E-state index in [0.29, 0.717) is 16.6 Å². The summed E-state index contributed by atoms with van der Waals surface area (Å²) in [4.78, 5) is 0.291. The quantitative estimate of drug-likeness (QED) is 0.798. The average molecular weight is 368 g/mol. The highest BCUT2D eigenvalue weighted by molar-refractivity contribution is 7.90. The summed E-state index contributed by atoms with van der Waals surface area (Å²) in [6, 6.07) is 5.33. The third-order valence-corrected chi connectivity index (χ3v) is 6.18. The summed E-state index contributed by atoms with van der Waals surface area (Å²) in [7, 11) is -1.65. The van der Waals surface area contributed by atoms with E-state index < -0.39 is 9.84 Å². The Morgan fingerprint density at radius 2 is 2.16 bits per heavy atom. The third kappa shape index (κ3) is 4.73. The normalized spacial score (nSPS) is 27.4. The highest BCUT2D eigenvalue weighted by Crippen LogP contribution is 2.33. The number of hydrogen-bond acceptors (Lipinski definition) is 6. The van der Waals surface area contributed by atoms with E-state index >= 15 is 0 Å². The summed E-state index contributed by atoms with van der Waals surface area (Å²) < 4.78 is 34.4. The summed E-state index contributed by atoms with van der Waals surface area (Å²) in [5.74, 6) is 1.23. The molecule has 3 rings (SSSR count). The van der Waals surface area contributed by atoms with Crippen LogP contribution in [0.4, 0.5) is 0 Å². The molecule has 0 bridgehead atoms. The van der Waals surface area contributed by atoms with Gasteiger partial charge in [0.15, 0.2) is 9.84 Å². The third-order valence-electron chi connectivity index (χ3n) is 5.07. The minimum absolute atomic E-state index is 0.162. The van der Waals surface area contributed by atoms with Gasteiger partial charge in [-0.2, -0.15) is 0 Å². The van der Waals surface area contributed by atoms with Crippen molar-refractivity contribution < 1.29 is 17.9 Å². The first-order valence-corrected chi connectivity index (χ1v) is 10.8. The molecule has 2 fully saturated rings. The van der Waals surface area contributed by atoms with Crippen LogP contribution < -0.4 is 15.4 Å². The summed E-state index contributed by atoms with van der Waals surface area (Å²) in [6.07, 6.45) is 5.83. The second-order valence-corrected chi connectivity index (χ2v) is 9.03. The highest BCUT2D eigenvalue weighted by Gasteiger charge is 2.26. The summed E-state index contributed by atoms with van der Waals surface area (Å²) in [5.41, 5.74) is 1.02. The molecule has 2 heterocycles. The average Bonchev–Trinajstić information content (AvgIpc) is 3.12. The van der Waals surface area contributed by atoms with Crippen molar-refractivity contribution in [2.45, 2.75) is 42.8 Å². The Morgan fingerprint density at radius 1 is 1.32 bits per heavy atom. The maximum Gasteiger partial charge on any atom is 0.175 e. The molecule has 0 aromatic heterocycles. The van der Waals surface area contributed by atoms with Gasteiger partial charge in [0.25, 0.3) is 0 Å². The molecular weight excluding hydrogens is 340 g/mol. The Bertz CT molecular complexity index is 686. The number of nitrogens with one attached hydrogen (secondary N) is 2. The van der Waals surface area contributed by atoms with Crippen LogP contribution in [0.2, 0.25) is 0 Å². The Balaban J connectivity index is 1.67. The predicted molar refractivity (Wildman–Crippen MR) is 96.5 cm³/mol. The first kappa shape index (κ1) is 18.6. The Morgan fingerprint density at radius 3 is 2.84 bits per heavy atom. The zero-order valence-corrected chi connectivity index (χ0v) is 15.8. The Kier molecular flexibility index (Phi) is 5.99. The van der Waals surface area contributed by atoms with Gasteiger partial charge in [-0.3, -0.25) is 5.32 Å². The molecule has 1 aromatic carbocycles. The topological polar surface area (TPSA) is 76.7 Å². The molecule has 0 saturated carbocycles. The van der Waals surface area contributed by atoms with Crippen LogP contribution in [0.1, 0.15) is 37.3 Å². The lowest BCUT2D eigenvalue weighted by atomic mass is 9.95. The standard InChI is InChI=1S/C18H28N2O4S/c1-23-17-10-14(25(2,21)22)6-7-15(17)16-4-3-5-18(20-16)19-11-13-8-9-24-12-13/h6-7,10,13,16,18-20H,3-5,8-9,11-12H2,1-2H3. The molecular formula is C18H28N2O4S. The molecule has 2 aliphatic rings. The fourth-order valence-corrected chi connectivity index (χ4v) is 4.24. The number of sulfone groups is 1. The van der Waals surface area contributed by atoms with Crippen molar-refractivity contribution in [1.29, 1.82) is 0 Å². The molecule has 2 saturated heterocycles. The van der Waals surface area contributed by atoms with Gasteiger partial charge in [0.2, 0.25) is 0 Å². The van der Waals surface area contributed by atoms with E-state index in [9.17, 15) is 8.42 Å². The van der Waals surface area contributed by atoms with E-state index in [1.165, 1.54) is 6.26 Å². The number of piperidine rings is 1. The van der Waals surface area contributed by atoms with Crippen molar-refractivity contribution in [1.82, 2.24) is 10.6 Å². The molecule has 0 aliphatic carbocycles. The van der Waals surface area contributed by atoms with E-state index in [0.717, 1.165) is 51.0 Å². The summed E-state index contributed by atoms with van der Waals surface area (Å²) in [6.45, 7) is 2.69. The maximum atomic E-state index is 11.8. The Hall–Kier alpha value is -1.15. The van der Waals surface area contributed by atoms with Gasteiger partial charge in [0.05, 0.1) is 24.8 Å². The zero-order chi connectivity index (χ0) is 17.9. The van der Waals surface area contributed by atoms with Crippen LogP contribution in [0.25, 0.3) is 0 Å². The predicted octanol–water partition coefficient (Wildman–Crippen LogP) is 1.87. The minimum Gasteiger partial charge on any atom is -0.496 e. The molecule has 6 nitrogen and oxygen atoms in total. The molecule has 3 unspecified atom stereocenters. The number of rotatable bonds is 6. The van der Waals surface area contributed by atoms with E-state index in [2.05, 4.69) is 10.6 Å². The van der Waals surface area contributed by atoms with Crippen molar-refractivity contribution in [2.24, 2.45) is 5.92 Å². The van der Waals surface area contributed by atoms with Crippen LogP contribution >= 0.6 is 0 Å². The van der Waals surface area contributed by atoms with Crippen molar-refractivity contribution in [2.75, 3.05) is 33.1 Å². The van der Waals surface area contributed by atoms with Gasteiger partial charge < -0.3 is 14.8 Å². The van der Waals surface area contributed by atoms with Crippen molar-refractivity contribution in [3.8, 4) is 5.75 Å². The van der Waals surface area contributed by atoms with Crippen LogP contribution in [0.3, 0.4) is 0 Å². The highest BCUT2D eigenvalue weighted by atomic mass is 32.2. The lowest BCUT2D eigenvalue weighted by molar-refractivity contribution is 0.182. The maximum absolute atomic E-state index is 11.8. The SMILES string of the molecule is COc1cc(S(C)(=O)=O)ccc1C1CCCC(NCC2CCOC2)N1. The van der Waals surface area contributed by atoms with Gasteiger partial charge >= 0.3 is 0 Å². The van der Waals surface area contributed by atoms with Gasteiger partial charge in [0, 0.05) is 31.0 Å². The van der Waals surface area contributed by atoms with Crippen LogP contribution in [0.15, 0.2) is 23.1 Å². The van der Waals surface area contributed by atoms with Crippen molar-refractivity contribution in [3.05, 3.63) is 23.8 Å². The summed E-state index contributed by atoms with van der Waals surface area (Å²) >= 11 is 0.